The van der Waals surface area contributed by atoms with Crippen LogP contribution in [-0.4, -0.2) is 82.6 Å². The first-order chi connectivity index (χ1) is 39.4. The lowest BCUT2D eigenvalue weighted by Crippen LogP contribution is -2.48. The van der Waals surface area contributed by atoms with Crippen molar-refractivity contribution in [3.8, 4) is 0 Å². The van der Waals surface area contributed by atoms with E-state index in [2.05, 4.69) is 13.8 Å². The summed E-state index contributed by atoms with van der Waals surface area (Å²) in [6, 6.07) is 0. The molecule has 12 atom stereocenters. The van der Waals surface area contributed by atoms with E-state index in [1.165, 1.54) is 80.6 Å². The summed E-state index contributed by atoms with van der Waals surface area (Å²) in [5.41, 5.74) is -12.9. The molecular formula is C65H106F12O10. The van der Waals surface area contributed by atoms with Gasteiger partial charge in [-0.25, -0.2) is 0 Å². The second kappa shape index (κ2) is 29.4. The summed E-state index contributed by atoms with van der Waals surface area (Å²) in [6.07, 6.45) is -3.35. The van der Waals surface area contributed by atoms with Crippen LogP contribution in [0.2, 0.25) is 0 Å². The fraction of sp³-hybridized carbons (Fsp3) is 0.923. The molecule has 0 heterocycles. The van der Waals surface area contributed by atoms with Gasteiger partial charge in [0.15, 0.2) is 21.7 Å². The van der Waals surface area contributed by atoms with Gasteiger partial charge in [0.25, 0.3) is 0 Å². The first kappa shape index (κ1) is 79.6. The Balaban J connectivity index is 0.000000373. The highest BCUT2D eigenvalue weighted by Crippen LogP contribution is 2.71. The Kier molecular flexibility index (Phi) is 26.9. The molecule has 6 fully saturated rings. The predicted octanol–water partition coefficient (Wildman–Crippen LogP) is 19.5. The smallest absolute Gasteiger partial charge is 0.404 e. The number of carbonyl (C=O) groups excluding carboxylic acids is 5. The third-order valence-corrected chi connectivity index (χ3v) is 21.0. The molecule has 12 unspecified atom stereocenters. The first-order valence-electron chi connectivity index (χ1n) is 31.8. The zero-order valence-corrected chi connectivity index (χ0v) is 55.5. The summed E-state index contributed by atoms with van der Waals surface area (Å²) in [5, 5.41) is 0. The quantitative estimate of drug-likeness (QED) is 0.0600. The molecule has 87 heavy (non-hydrogen) atoms. The Morgan fingerprint density at radius 3 is 1.20 bits per heavy atom. The molecule has 0 saturated heterocycles. The van der Waals surface area contributed by atoms with Crippen LogP contribution in [0.4, 0.5) is 52.7 Å². The molecule has 6 rings (SSSR count). The van der Waals surface area contributed by atoms with Crippen LogP contribution in [0, 0.1) is 63.1 Å². The second-order valence-corrected chi connectivity index (χ2v) is 28.4. The average molecular weight is 1280 g/mol. The highest BCUT2D eigenvalue weighted by atomic mass is 19.4. The molecule has 0 aromatic heterocycles. The molecule has 0 aromatic carbocycles. The third-order valence-electron chi connectivity index (χ3n) is 21.0. The van der Waals surface area contributed by atoms with Gasteiger partial charge in [-0.3, -0.25) is 24.0 Å². The van der Waals surface area contributed by atoms with Crippen LogP contribution < -0.4 is 0 Å². The number of carbonyl (C=O) groups is 5. The molecule has 4 bridgehead atoms. The lowest BCUT2D eigenvalue weighted by Gasteiger charge is -2.46. The summed E-state index contributed by atoms with van der Waals surface area (Å²) in [4.78, 5) is 59.1. The van der Waals surface area contributed by atoms with Crippen molar-refractivity contribution in [2.75, 3.05) is 0 Å². The number of alkyl halides is 12. The van der Waals surface area contributed by atoms with Crippen molar-refractivity contribution in [3.05, 3.63) is 0 Å². The van der Waals surface area contributed by atoms with Crippen LogP contribution in [0.15, 0.2) is 0 Å². The van der Waals surface area contributed by atoms with E-state index in [-0.39, 0.29) is 43.2 Å². The molecule has 10 nitrogen and oxygen atoms in total. The molecule has 0 spiro atoms. The Labute approximate surface area is 510 Å². The molecular weight excluding hydrogens is 1170 g/mol. The van der Waals surface area contributed by atoms with Gasteiger partial charge < -0.3 is 23.7 Å². The molecule has 0 aromatic rings. The van der Waals surface area contributed by atoms with Crippen molar-refractivity contribution in [2.45, 2.75) is 319 Å². The van der Waals surface area contributed by atoms with Gasteiger partial charge in [0.05, 0.1) is 5.92 Å². The van der Waals surface area contributed by atoms with E-state index in [0.29, 0.717) is 44.4 Å². The van der Waals surface area contributed by atoms with Crippen LogP contribution in [0.1, 0.15) is 266 Å². The van der Waals surface area contributed by atoms with E-state index in [1.807, 2.05) is 13.8 Å². The number of esters is 5. The Bertz CT molecular complexity index is 2260. The third kappa shape index (κ3) is 18.4. The van der Waals surface area contributed by atoms with Crippen LogP contribution in [0.3, 0.4) is 0 Å². The van der Waals surface area contributed by atoms with E-state index in [4.69, 9.17) is 23.7 Å². The Morgan fingerprint density at radius 2 is 0.839 bits per heavy atom. The summed E-state index contributed by atoms with van der Waals surface area (Å²) in [7, 11) is 0. The maximum atomic E-state index is 13.0. The zero-order chi connectivity index (χ0) is 67.8. The van der Waals surface area contributed by atoms with Crippen LogP contribution in [0.5, 0.6) is 0 Å². The van der Waals surface area contributed by atoms with Crippen molar-refractivity contribution >= 4 is 29.8 Å². The molecule has 22 heteroatoms. The minimum Gasteiger partial charge on any atom is -0.459 e. The molecule has 0 N–H and O–H groups in total. The topological polar surface area (TPSA) is 132 Å². The predicted molar refractivity (Wildman–Crippen MR) is 307 cm³/mol. The summed E-state index contributed by atoms with van der Waals surface area (Å²) in [5.74, 6) is 0.856. The van der Waals surface area contributed by atoms with Crippen LogP contribution in [0.25, 0.3) is 0 Å². The molecule has 510 valence electrons. The molecule has 0 amide bonds. The zero-order valence-electron chi connectivity index (χ0n) is 55.5. The summed E-state index contributed by atoms with van der Waals surface area (Å²) >= 11 is 0. The van der Waals surface area contributed by atoms with Crippen LogP contribution in [-0.2, 0) is 47.7 Å². The van der Waals surface area contributed by atoms with Gasteiger partial charge in [-0.15, -0.1) is 0 Å². The van der Waals surface area contributed by atoms with Gasteiger partial charge in [0, 0.05) is 5.92 Å². The summed E-state index contributed by atoms with van der Waals surface area (Å²) in [6.45, 7) is 28.4. The van der Waals surface area contributed by atoms with E-state index in [0.717, 1.165) is 95.8 Å². The van der Waals surface area contributed by atoms with Crippen molar-refractivity contribution in [3.63, 3.8) is 0 Å². The monoisotopic (exact) mass is 1270 g/mol. The van der Waals surface area contributed by atoms with Crippen molar-refractivity contribution in [2.24, 2.45) is 63.1 Å². The largest absolute Gasteiger partial charge is 0.459 e. The van der Waals surface area contributed by atoms with Crippen molar-refractivity contribution < 1.29 is 100 Å². The van der Waals surface area contributed by atoms with Gasteiger partial charge in [-0.05, 0) is 234 Å². The van der Waals surface area contributed by atoms with E-state index < -0.39 is 92.6 Å². The minimum absolute atomic E-state index is 0.0587. The maximum Gasteiger partial charge on any atom is 0.404 e. The molecule has 6 aliphatic rings. The molecule has 0 radical (unpaired) electrons. The van der Waals surface area contributed by atoms with E-state index in [1.54, 1.807) is 27.7 Å². The number of hydrogen-bond acceptors (Lipinski definition) is 10. The lowest BCUT2D eigenvalue weighted by atomic mass is 9.65. The standard InChI is InChI=1S/C19H30O2.C13H21F3O2.C12H19F3O2.C11H19F3O2.C10H17F3O2/c1-4-11(3)18(20)21-19(5-2)10-14-9-15(19)17-13-7-6-12(8-13)16(14)17;1-4-11(3,13(14,15)16)10(17)18-12(5-2)8-6-7-9-12;1-4-11(3,12(13,14)15)9(16)17-10(2)7-5-6-8-10;1-6-9(3,4)16-8(15)10(5,7-2)11(12,13)14;1-6-9(5,10(11,12)13)7(14)15-8(2,3)4/h11-17H,4-10H2,1-3H3;4-9H2,1-3H3;4-8H2,1-3H3;6-7H2,1-5H3;6H2,1-5H3. The maximum absolute atomic E-state index is 13.0. The Hall–Kier alpha value is -3.49. The van der Waals surface area contributed by atoms with E-state index >= 15 is 0 Å². The van der Waals surface area contributed by atoms with E-state index in [9.17, 15) is 76.7 Å². The fourth-order valence-corrected chi connectivity index (χ4v) is 12.8. The molecule has 6 saturated carbocycles. The Morgan fingerprint density at radius 1 is 0.460 bits per heavy atom. The first-order valence-corrected chi connectivity index (χ1v) is 31.8. The lowest BCUT2D eigenvalue weighted by molar-refractivity contribution is -0.239. The van der Waals surface area contributed by atoms with Gasteiger partial charge in [-0.2, -0.15) is 52.7 Å². The van der Waals surface area contributed by atoms with Gasteiger partial charge in [0.2, 0.25) is 0 Å². The fourth-order valence-electron chi connectivity index (χ4n) is 12.8. The number of rotatable bonds is 17. The van der Waals surface area contributed by atoms with Crippen molar-refractivity contribution in [1.82, 2.24) is 0 Å². The number of halogens is 12. The van der Waals surface area contributed by atoms with Gasteiger partial charge in [-0.1, -0.05) is 62.3 Å². The highest BCUT2D eigenvalue weighted by molar-refractivity contribution is 5.79. The summed E-state index contributed by atoms with van der Waals surface area (Å²) < 4.78 is 180. The van der Waals surface area contributed by atoms with Gasteiger partial charge in [0.1, 0.15) is 28.0 Å². The number of hydrogen-bond donors (Lipinski definition) is 0. The molecule has 6 aliphatic carbocycles. The number of ether oxygens (including phenoxy) is 5. The van der Waals surface area contributed by atoms with Gasteiger partial charge >= 0.3 is 54.6 Å². The molecule has 0 aliphatic heterocycles. The number of fused-ring (bicyclic) bond motifs is 9. The highest BCUT2D eigenvalue weighted by Gasteiger charge is 2.68. The minimum atomic E-state index is -4.58. The van der Waals surface area contributed by atoms with Crippen LogP contribution >= 0.6 is 0 Å². The average Bonchev–Trinajstić information content (AvgIpc) is 1.57. The SMILES string of the molecule is CCC(C)(C(=O)OC(C)(C)C)C(F)(F)F.CCC(C)(C(=O)OC1(C)CCCC1)C(F)(F)F.CCC(C)(C)OC(=O)C(C)(CC)C(F)(F)F.CCC(C)C(=O)OC1(CC)CC2CC1C1C3CCC(C3)C21.CCC1(OC(=O)C(C)(CC)C(F)(F)F)CCCC1. The normalized spacial score (nSPS) is 27.6. The second-order valence-electron chi connectivity index (χ2n) is 28.4. The van der Waals surface area contributed by atoms with Crippen molar-refractivity contribution in [1.29, 1.82) is 0 Å².